The van der Waals surface area contributed by atoms with E-state index in [-0.39, 0.29) is 0 Å². The van der Waals surface area contributed by atoms with Crippen LogP contribution < -0.4 is 5.32 Å². The molecule has 0 aliphatic rings. The first-order valence-electron chi connectivity index (χ1n) is 5.30. The van der Waals surface area contributed by atoms with Crippen LogP contribution in [-0.4, -0.2) is 21.4 Å². The topological polar surface area (TPSA) is 50.1 Å². The minimum Gasteiger partial charge on any atom is -0.508 e. The second kappa shape index (κ2) is 5.32. The Hall–Kier alpha value is -1.81. The van der Waals surface area contributed by atoms with Crippen LogP contribution in [0.2, 0.25) is 0 Å². The molecule has 4 nitrogen and oxygen atoms in total. The van der Waals surface area contributed by atoms with Gasteiger partial charge in [-0.25, -0.2) is 0 Å². The molecule has 4 heteroatoms. The number of rotatable bonds is 5. The van der Waals surface area contributed by atoms with E-state index in [0.29, 0.717) is 5.75 Å². The molecule has 0 unspecified atom stereocenters. The van der Waals surface area contributed by atoms with E-state index < -0.39 is 0 Å². The maximum Gasteiger partial charge on any atom is 0.115 e. The third-order valence-electron chi connectivity index (χ3n) is 2.32. The van der Waals surface area contributed by atoms with Crippen molar-refractivity contribution in [2.45, 2.75) is 13.1 Å². The average Bonchev–Trinajstić information content (AvgIpc) is 2.77. The Morgan fingerprint density at radius 1 is 1.31 bits per heavy atom. The predicted molar refractivity (Wildman–Crippen MR) is 62.0 cm³/mol. The van der Waals surface area contributed by atoms with Crippen molar-refractivity contribution >= 4 is 0 Å². The number of nitrogens with zero attached hydrogens (tertiary/aromatic N) is 2. The molecule has 0 aliphatic carbocycles. The van der Waals surface area contributed by atoms with Crippen molar-refractivity contribution in [3.8, 4) is 5.75 Å². The molecule has 0 radical (unpaired) electrons. The number of phenols is 1. The van der Waals surface area contributed by atoms with Gasteiger partial charge in [-0.2, -0.15) is 5.10 Å². The number of phenolic OH excluding ortho intramolecular Hbond substituents is 1. The first kappa shape index (κ1) is 10.7. The fourth-order valence-corrected chi connectivity index (χ4v) is 1.53. The van der Waals surface area contributed by atoms with Crippen LogP contribution in [0.25, 0.3) is 0 Å². The fraction of sp³-hybridized carbons (Fsp3) is 0.250. The minimum atomic E-state index is 0.311. The third-order valence-corrected chi connectivity index (χ3v) is 2.32. The van der Waals surface area contributed by atoms with Gasteiger partial charge in [-0.05, 0) is 23.8 Å². The van der Waals surface area contributed by atoms with Gasteiger partial charge in [0, 0.05) is 25.5 Å². The van der Waals surface area contributed by atoms with Crippen LogP contribution in [0.15, 0.2) is 42.7 Å². The quantitative estimate of drug-likeness (QED) is 0.744. The van der Waals surface area contributed by atoms with Crippen molar-refractivity contribution in [1.82, 2.24) is 15.1 Å². The molecule has 2 N–H and O–H groups in total. The molecule has 0 bridgehead atoms. The summed E-state index contributed by atoms with van der Waals surface area (Å²) in [6.07, 6.45) is 3.71. The van der Waals surface area contributed by atoms with Gasteiger partial charge in [0.15, 0.2) is 0 Å². The van der Waals surface area contributed by atoms with Crippen LogP contribution in [0.5, 0.6) is 5.75 Å². The summed E-state index contributed by atoms with van der Waals surface area (Å²) in [4.78, 5) is 0. The van der Waals surface area contributed by atoms with E-state index in [1.165, 1.54) is 0 Å². The Bertz CT molecular complexity index is 426. The van der Waals surface area contributed by atoms with Gasteiger partial charge in [0.2, 0.25) is 0 Å². The lowest BCUT2D eigenvalue weighted by Gasteiger charge is -2.05. The van der Waals surface area contributed by atoms with E-state index in [1.54, 1.807) is 18.3 Å². The number of hydrogen-bond donors (Lipinski definition) is 2. The standard InChI is InChI=1S/C12H15N3O/c16-12-4-1-3-11(9-12)10-13-6-8-15-7-2-5-14-15/h1-5,7,9,13,16H,6,8,10H2. The normalized spacial score (nSPS) is 10.5. The molecule has 16 heavy (non-hydrogen) atoms. The molecule has 0 aliphatic heterocycles. The van der Waals surface area contributed by atoms with E-state index in [4.69, 9.17) is 0 Å². The molecule has 0 fully saturated rings. The van der Waals surface area contributed by atoms with E-state index in [9.17, 15) is 5.11 Å². The van der Waals surface area contributed by atoms with E-state index in [1.807, 2.05) is 29.1 Å². The van der Waals surface area contributed by atoms with Crippen molar-refractivity contribution in [2.75, 3.05) is 6.54 Å². The van der Waals surface area contributed by atoms with Crippen molar-refractivity contribution < 1.29 is 5.11 Å². The molecule has 2 rings (SSSR count). The van der Waals surface area contributed by atoms with E-state index >= 15 is 0 Å². The van der Waals surface area contributed by atoms with E-state index in [2.05, 4.69) is 10.4 Å². The highest BCUT2D eigenvalue weighted by Gasteiger charge is 1.94. The Kier molecular flexibility index (Phi) is 3.56. The van der Waals surface area contributed by atoms with Crippen LogP contribution in [0.1, 0.15) is 5.56 Å². The van der Waals surface area contributed by atoms with Gasteiger partial charge in [-0.1, -0.05) is 12.1 Å². The molecular weight excluding hydrogens is 202 g/mol. The van der Waals surface area contributed by atoms with Gasteiger partial charge in [0.05, 0.1) is 6.54 Å². The average molecular weight is 217 g/mol. The Morgan fingerprint density at radius 2 is 2.25 bits per heavy atom. The summed E-state index contributed by atoms with van der Waals surface area (Å²) in [6, 6.07) is 9.18. The smallest absolute Gasteiger partial charge is 0.115 e. The zero-order chi connectivity index (χ0) is 11.2. The highest BCUT2D eigenvalue weighted by Crippen LogP contribution is 2.10. The van der Waals surface area contributed by atoms with Crippen molar-refractivity contribution in [1.29, 1.82) is 0 Å². The second-order valence-corrected chi connectivity index (χ2v) is 3.62. The van der Waals surface area contributed by atoms with Crippen LogP contribution in [0.4, 0.5) is 0 Å². The SMILES string of the molecule is Oc1cccc(CNCCn2cccn2)c1. The van der Waals surface area contributed by atoms with Crippen LogP contribution >= 0.6 is 0 Å². The molecule has 1 aromatic heterocycles. The predicted octanol–water partition coefficient (Wildman–Crippen LogP) is 1.38. The molecule has 0 atom stereocenters. The largest absolute Gasteiger partial charge is 0.508 e. The van der Waals surface area contributed by atoms with Crippen molar-refractivity contribution in [2.24, 2.45) is 0 Å². The molecule has 0 amide bonds. The maximum absolute atomic E-state index is 9.28. The van der Waals surface area contributed by atoms with Crippen LogP contribution in [-0.2, 0) is 13.1 Å². The number of aromatic hydroxyl groups is 1. The van der Waals surface area contributed by atoms with Crippen LogP contribution in [0, 0.1) is 0 Å². The highest BCUT2D eigenvalue weighted by atomic mass is 16.3. The molecule has 0 saturated carbocycles. The summed E-state index contributed by atoms with van der Waals surface area (Å²) in [5.41, 5.74) is 1.08. The fourth-order valence-electron chi connectivity index (χ4n) is 1.53. The number of aromatic nitrogens is 2. The zero-order valence-corrected chi connectivity index (χ0v) is 9.00. The Labute approximate surface area is 94.5 Å². The first-order valence-corrected chi connectivity index (χ1v) is 5.30. The molecule has 0 saturated heterocycles. The van der Waals surface area contributed by atoms with Crippen molar-refractivity contribution in [3.05, 3.63) is 48.3 Å². The summed E-state index contributed by atoms with van der Waals surface area (Å²) >= 11 is 0. The van der Waals surface area contributed by atoms with Gasteiger partial charge in [0.1, 0.15) is 5.75 Å². The lowest BCUT2D eigenvalue weighted by Crippen LogP contribution is -2.19. The van der Waals surface area contributed by atoms with Gasteiger partial charge in [-0.3, -0.25) is 4.68 Å². The second-order valence-electron chi connectivity index (χ2n) is 3.62. The lowest BCUT2D eigenvalue weighted by atomic mass is 10.2. The summed E-state index contributed by atoms with van der Waals surface area (Å²) < 4.78 is 1.88. The van der Waals surface area contributed by atoms with Gasteiger partial charge in [0.25, 0.3) is 0 Å². The molecule has 2 aromatic rings. The summed E-state index contributed by atoms with van der Waals surface area (Å²) in [5, 5.41) is 16.7. The highest BCUT2D eigenvalue weighted by molar-refractivity contribution is 5.26. The zero-order valence-electron chi connectivity index (χ0n) is 9.00. The summed E-state index contributed by atoms with van der Waals surface area (Å²) in [5.74, 6) is 0.311. The molecule has 1 heterocycles. The Morgan fingerprint density at radius 3 is 3.00 bits per heavy atom. The molecule has 84 valence electrons. The third kappa shape index (κ3) is 3.10. The number of hydrogen-bond acceptors (Lipinski definition) is 3. The molecular formula is C12H15N3O. The summed E-state index contributed by atoms with van der Waals surface area (Å²) in [6.45, 7) is 2.47. The van der Waals surface area contributed by atoms with Gasteiger partial charge in [-0.15, -0.1) is 0 Å². The van der Waals surface area contributed by atoms with E-state index in [0.717, 1.165) is 25.2 Å². The van der Waals surface area contributed by atoms with Gasteiger partial charge < -0.3 is 10.4 Å². The number of nitrogens with one attached hydrogen (secondary N) is 1. The van der Waals surface area contributed by atoms with Crippen LogP contribution in [0.3, 0.4) is 0 Å². The molecule has 1 aromatic carbocycles. The maximum atomic E-state index is 9.28. The minimum absolute atomic E-state index is 0.311. The Balaban J connectivity index is 1.72. The first-order chi connectivity index (χ1) is 7.84. The lowest BCUT2D eigenvalue weighted by molar-refractivity contribution is 0.473. The summed E-state index contributed by atoms with van der Waals surface area (Å²) in [7, 11) is 0. The van der Waals surface area contributed by atoms with Crippen molar-refractivity contribution in [3.63, 3.8) is 0 Å². The monoisotopic (exact) mass is 217 g/mol. The van der Waals surface area contributed by atoms with Gasteiger partial charge >= 0.3 is 0 Å². The number of benzene rings is 1. The molecule has 0 spiro atoms.